The van der Waals surface area contributed by atoms with E-state index in [0.29, 0.717) is 0 Å². The topological polar surface area (TPSA) is 25.8 Å². The summed E-state index contributed by atoms with van der Waals surface area (Å²) in [7, 11) is 0. The van der Waals surface area contributed by atoms with Crippen molar-refractivity contribution in [2.45, 2.75) is 0 Å². The first kappa shape index (κ1) is 27.4. The lowest BCUT2D eigenvalue weighted by Gasteiger charge is -2.17. The molecule has 0 fully saturated rings. The third-order valence-electron chi connectivity index (χ3n) is 8.48. The van der Waals surface area contributed by atoms with Gasteiger partial charge in [-0.05, 0) is 45.5 Å². The molecule has 0 saturated carbocycles. The van der Waals surface area contributed by atoms with Crippen molar-refractivity contribution in [1.82, 2.24) is 9.97 Å². The normalized spacial score (nSPS) is 11.0. The average molecular weight is 587 g/mol. The van der Waals surface area contributed by atoms with E-state index in [9.17, 15) is 0 Å². The first-order chi connectivity index (χ1) is 22.8. The first-order valence-corrected chi connectivity index (χ1v) is 15.6. The summed E-state index contributed by atoms with van der Waals surface area (Å²) in [6.07, 6.45) is 0. The Balaban J connectivity index is 1.44. The van der Waals surface area contributed by atoms with Crippen molar-refractivity contribution >= 4 is 11.0 Å². The Morgan fingerprint density at radius 2 is 0.543 bits per heavy atom. The van der Waals surface area contributed by atoms with Gasteiger partial charge in [-0.1, -0.05) is 170 Å². The molecule has 0 N–H and O–H groups in total. The number of benzene rings is 7. The van der Waals surface area contributed by atoms with Crippen molar-refractivity contribution in [3.63, 3.8) is 0 Å². The van der Waals surface area contributed by atoms with E-state index >= 15 is 0 Å². The average Bonchev–Trinajstić information content (AvgIpc) is 3.15. The van der Waals surface area contributed by atoms with Crippen molar-refractivity contribution < 1.29 is 0 Å². The number of nitrogens with zero attached hydrogens (tertiary/aromatic N) is 2. The van der Waals surface area contributed by atoms with Gasteiger partial charge in [-0.25, -0.2) is 9.97 Å². The lowest BCUT2D eigenvalue weighted by Crippen LogP contribution is -1.99. The molecule has 1 heterocycles. The Hall–Kier alpha value is -6.12. The minimum absolute atomic E-state index is 0.859. The van der Waals surface area contributed by atoms with Gasteiger partial charge in [-0.2, -0.15) is 0 Å². The second kappa shape index (κ2) is 12.1. The molecule has 0 radical (unpaired) electrons. The summed E-state index contributed by atoms with van der Waals surface area (Å²) in [6, 6.07) is 63.7. The number of rotatable bonds is 6. The Kier molecular flexibility index (Phi) is 7.22. The fraction of sp³-hybridized carbons (Fsp3) is 0. The molecule has 2 nitrogen and oxygen atoms in total. The Labute approximate surface area is 269 Å². The maximum absolute atomic E-state index is 5.56. The molecular weight excluding hydrogens is 556 g/mol. The summed E-state index contributed by atoms with van der Waals surface area (Å²) in [4.78, 5) is 11.1. The highest BCUT2D eigenvalue weighted by atomic mass is 14.8. The van der Waals surface area contributed by atoms with Gasteiger partial charge in [0.1, 0.15) is 0 Å². The molecule has 8 rings (SSSR count). The van der Waals surface area contributed by atoms with E-state index in [-0.39, 0.29) is 0 Å². The van der Waals surface area contributed by atoms with Gasteiger partial charge in [0.25, 0.3) is 0 Å². The highest BCUT2D eigenvalue weighted by Crippen LogP contribution is 2.40. The Morgan fingerprint density at radius 1 is 0.239 bits per heavy atom. The molecule has 0 unspecified atom stereocenters. The Morgan fingerprint density at radius 3 is 0.913 bits per heavy atom. The van der Waals surface area contributed by atoms with E-state index in [1.54, 1.807) is 0 Å². The van der Waals surface area contributed by atoms with Gasteiger partial charge in [0.15, 0.2) is 0 Å². The third kappa shape index (κ3) is 5.27. The van der Waals surface area contributed by atoms with Crippen LogP contribution in [0.25, 0.3) is 78.1 Å². The number of hydrogen-bond acceptors (Lipinski definition) is 2. The zero-order valence-electron chi connectivity index (χ0n) is 25.2. The van der Waals surface area contributed by atoms with Gasteiger partial charge in [-0.15, -0.1) is 0 Å². The fourth-order valence-electron chi connectivity index (χ4n) is 6.19. The predicted molar refractivity (Wildman–Crippen MR) is 192 cm³/mol. The van der Waals surface area contributed by atoms with Crippen LogP contribution in [0.1, 0.15) is 0 Å². The first-order valence-electron chi connectivity index (χ1n) is 15.6. The molecule has 0 bridgehead atoms. The molecule has 0 saturated heterocycles. The van der Waals surface area contributed by atoms with E-state index < -0.39 is 0 Å². The molecule has 7 aromatic carbocycles. The minimum Gasteiger partial charge on any atom is -0.243 e. The summed E-state index contributed by atoms with van der Waals surface area (Å²) < 4.78 is 0. The molecular formula is C44H30N2. The standard InChI is InChI=1S/C44H30N2/c1-5-15-31(16-6-1)35-23-13-25-37(29-35)41-42(38-26-14-24-36(30-38)32-17-7-2-8-18-32)46-44-40(34-21-11-4-12-22-34)28-27-39(43(44)45-41)33-19-9-3-10-20-33/h1-30H. The van der Waals surface area contributed by atoms with E-state index in [1.165, 1.54) is 11.1 Å². The maximum atomic E-state index is 5.56. The predicted octanol–water partition coefficient (Wildman–Crippen LogP) is 11.6. The highest BCUT2D eigenvalue weighted by molar-refractivity contribution is 6.03. The molecule has 0 aliphatic carbocycles. The largest absolute Gasteiger partial charge is 0.243 e. The van der Waals surface area contributed by atoms with Crippen molar-refractivity contribution in [2.75, 3.05) is 0 Å². The van der Waals surface area contributed by atoms with E-state index in [2.05, 4.69) is 170 Å². The molecule has 46 heavy (non-hydrogen) atoms. The van der Waals surface area contributed by atoms with Crippen LogP contribution in [0.5, 0.6) is 0 Å². The smallest absolute Gasteiger partial charge is 0.0979 e. The van der Waals surface area contributed by atoms with Gasteiger partial charge in [0.2, 0.25) is 0 Å². The summed E-state index contributed by atoms with van der Waals surface area (Å²) in [6.45, 7) is 0. The van der Waals surface area contributed by atoms with Crippen LogP contribution in [0.3, 0.4) is 0 Å². The Bertz CT molecular complexity index is 2110. The van der Waals surface area contributed by atoms with Gasteiger partial charge in [0, 0.05) is 22.3 Å². The van der Waals surface area contributed by atoms with Crippen LogP contribution in [0.15, 0.2) is 182 Å². The number of aromatic nitrogens is 2. The van der Waals surface area contributed by atoms with Crippen LogP contribution in [0.4, 0.5) is 0 Å². The van der Waals surface area contributed by atoms with Gasteiger partial charge < -0.3 is 0 Å². The quantitative estimate of drug-likeness (QED) is 0.194. The van der Waals surface area contributed by atoms with Gasteiger partial charge >= 0.3 is 0 Å². The lowest BCUT2D eigenvalue weighted by molar-refractivity contribution is 1.29. The van der Waals surface area contributed by atoms with Gasteiger partial charge in [0.05, 0.1) is 22.4 Å². The molecule has 2 heteroatoms. The second-order valence-corrected chi connectivity index (χ2v) is 11.4. The van der Waals surface area contributed by atoms with E-state index in [4.69, 9.17) is 9.97 Å². The van der Waals surface area contributed by atoms with Crippen LogP contribution >= 0.6 is 0 Å². The molecule has 0 atom stereocenters. The minimum atomic E-state index is 0.859. The third-order valence-corrected chi connectivity index (χ3v) is 8.48. The van der Waals surface area contributed by atoms with Crippen LogP contribution in [-0.2, 0) is 0 Å². The van der Waals surface area contributed by atoms with Crippen molar-refractivity contribution in [3.05, 3.63) is 182 Å². The molecule has 8 aromatic rings. The fourth-order valence-corrected chi connectivity index (χ4v) is 6.19. The highest BCUT2D eigenvalue weighted by Gasteiger charge is 2.19. The maximum Gasteiger partial charge on any atom is 0.0979 e. The summed E-state index contributed by atoms with van der Waals surface area (Å²) >= 11 is 0. The molecule has 0 spiro atoms. The summed E-state index contributed by atoms with van der Waals surface area (Å²) in [5.74, 6) is 0. The molecule has 0 aliphatic rings. The van der Waals surface area contributed by atoms with Crippen LogP contribution in [-0.4, -0.2) is 9.97 Å². The van der Waals surface area contributed by atoms with E-state index in [0.717, 1.165) is 66.9 Å². The molecule has 216 valence electrons. The molecule has 0 aliphatic heterocycles. The van der Waals surface area contributed by atoms with Crippen molar-refractivity contribution in [2.24, 2.45) is 0 Å². The number of hydrogen-bond donors (Lipinski definition) is 0. The monoisotopic (exact) mass is 586 g/mol. The second-order valence-electron chi connectivity index (χ2n) is 11.4. The van der Waals surface area contributed by atoms with Crippen LogP contribution < -0.4 is 0 Å². The zero-order valence-corrected chi connectivity index (χ0v) is 25.2. The van der Waals surface area contributed by atoms with Crippen molar-refractivity contribution in [1.29, 1.82) is 0 Å². The molecule has 0 amide bonds. The van der Waals surface area contributed by atoms with E-state index in [1.807, 2.05) is 12.1 Å². The van der Waals surface area contributed by atoms with Gasteiger partial charge in [-0.3, -0.25) is 0 Å². The zero-order chi connectivity index (χ0) is 30.7. The van der Waals surface area contributed by atoms with Crippen LogP contribution in [0, 0.1) is 0 Å². The SMILES string of the molecule is c1ccc(-c2cccc(-c3nc4c(-c5ccccc5)ccc(-c5ccccc5)c4nc3-c3cccc(-c4ccccc4)c3)c2)cc1. The number of fused-ring (bicyclic) bond motifs is 1. The molecule has 1 aromatic heterocycles. The summed E-state index contributed by atoms with van der Waals surface area (Å²) in [5.41, 5.74) is 14.5. The lowest BCUT2D eigenvalue weighted by atomic mass is 9.94. The summed E-state index contributed by atoms with van der Waals surface area (Å²) in [5, 5.41) is 0. The van der Waals surface area contributed by atoms with Crippen molar-refractivity contribution in [3.8, 4) is 67.0 Å². The van der Waals surface area contributed by atoms with Crippen LogP contribution in [0.2, 0.25) is 0 Å².